The molecule has 0 unspecified atom stereocenters. The first-order chi connectivity index (χ1) is 9.81. The van der Waals surface area contributed by atoms with Crippen LogP contribution in [0.5, 0.6) is 0 Å². The van der Waals surface area contributed by atoms with Gasteiger partial charge in [-0.15, -0.1) is 0 Å². The molecular formula is C15H24N2O3S. The van der Waals surface area contributed by atoms with Gasteiger partial charge in [0.1, 0.15) is 0 Å². The number of aliphatic hydroxyl groups excluding tert-OH is 1. The van der Waals surface area contributed by atoms with Crippen molar-refractivity contribution in [1.82, 2.24) is 9.62 Å². The van der Waals surface area contributed by atoms with Crippen molar-refractivity contribution in [2.24, 2.45) is 0 Å². The lowest BCUT2D eigenvalue weighted by Crippen LogP contribution is -2.57. The number of benzene rings is 1. The number of nitrogens with zero attached hydrogens (tertiary/aromatic N) is 1. The summed E-state index contributed by atoms with van der Waals surface area (Å²) < 4.78 is 27.8. The van der Waals surface area contributed by atoms with Gasteiger partial charge in [-0.1, -0.05) is 12.1 Å². The second-order valence-electron chi connectivity index (χ2n) is 6.05. The average molecular weight is 312 g/mol. The maximum absolute atomic E-state index is 12.5. The van der Waals surface area contributed by atoms with E-state index >= 15 is 0 Å². The fourth-order valence-corrected chi connectivity index (χ4v) is 4.12. The van der Waals surface area contributed by atoms with Crippen molar-refractivity contribution in [3.05, 3.63) is 29.3 Å². The SMILES string of the molecule is Cc1ccc(CO)cc1S(=O)(=O)NCC1(N(C)C)CCC1. The van der Waals surface area contributed by atoms with Crippen LogP contribution in [-0.4, -0.2) is 44.6 Å². The minimum absolute atomic E-state index is 0.0600. The Morgan fingerprint density at radius 2 is 2.00 bits per heavy atom. The van der Waals surface area contributed by atoms with E-state index < -0.39 is 10.0 Å². The van der Waals surface area contributed by atoms with E-state index in [1.807, 2.05) is 14.1 Å². The van der Waals surface area contributed by atoms with Crippen LogP contribution in [0.4, 0.5) is 0 Å². The lowest BCUT2D eigenvalue weighted by Gasteiger charge is -2.47. The van der Waals surface area contributed by atoms with E-state index in [0.29, 0.717) is 17.7 Å². The van der Waals surface area contributed by atoms with Gasteiger partial charge in [0.25, 0.3) is 0 Å². The molecule has 6 heteroatoms. The first kappa shape index (κ1) is 16.4. The van der Waals surface area contributed by atoms with Crippen molar-refractivity contribution in [2.45, 2.75) is 43.2 Å². The molecule has 5 nitrogen and oxygen atoms in total. The molecule has 1 fully saturated rings. The fraction of sp³-hybridized carbons (Fsp3) is 0.600. The summed E-state index contributed by atoms with van der Waals surface area (Å²) in [5, 5.41) is 9.18. The third-order valence-electron chi connectivity index (χ3n) is 4.55. The molecule has 1 aliphatic carbocycles. The van der Waals surface area contributed by atoms with E-state index in [0.717, 1.165) is 19.3 Å². The first-order valence-corrected chi connectivity index (χ1v) is 8.66. The van der Waals surface area contributed by atoms with Crippen molar-refractivity contribution >= 4 is 10.0 Å². The van der Waals surface area contributed by atoms with Gasteiger partial charge >= 0.3 is 0 Å². The molecular weight excluding hydrogens is 288 g/mol. The van der Waals surface area contributed by atoms with Gasteiger partial charge in [-0.25, -0.2) is 13.1 Å². The van der Waals surface area contributed by atoms with Crippen molar-refractivity contribution in [3.63, 3.8) is 0 Å². The summed E-state index contributed by atoms with van der Waals surface area (Å²) >= 11 is 0. The molecule has 118 valence electrons. The predicted molar refractivity (Wildman–Crippen MR) is 82.6 cm³/mol. The summed E-state index contributed by atoms with van der Waals surface area (Å²) in [4.78, 5) is 2.36. The standard InChI is InChI=1S/C15H24N2O3S/c1-12-5-6-13(10-18)9-14(12)21(19,20)16-11-15(17(2)3)7-4-8-15/h5-6,9,16,18H,4,7-8,10-11H2,1-3H3. The lowest BCUT2D eigenvalue weighted by atomic mass is 9.76. The summed E-state index contributed by atoms with van der Waals surface area (Å²) in [5.74, 6) is 0. The van der Waals surface area contributed by atoms with Crippen LogP contribution in [0.2, 0.25) is 0 Å². The molecule has 1 aromatic rings. The van der Waals surface area contributed by atoms with Crippen LogP contribution in [0.1, 0.15) is 30.4 Å². The van der Waals surface area contributed by atoms with Gasteiger partial charge in [0.2, 0.25) is 10.0 Å². The van der Waals surface area contributed by atoms with E-state index in [1.165, 1.54) is 0 Å². The highest BCUT2D eigenvalue weighted by molar-refractivity contribution is 7.89. The second kappa shape index (κ2) is 6.04. The molecule has 0 bridgehead atoms. The van der Waals surface area contributed by atoms with Crippen molar-refractivity contribution in [3.8, 4) is 0 Å². The van der Waals surface area contributed by atoms with E-state index in [4.69, 9.17) is 0 Å². The summed E-state index contributed by atoms with van der Waals surface area (Å²) in [6.07, 6.45) is 3.16. The number of hydrogen-bond donors (Lipinski definition) is 2. The Morgan fingerprint density at radius 1 is 1.33 bits per heavy atom. The zero-order chi connectivity index (χ0) is 15.7. The van der Waals surface area contributed by atoms with E-state index in [-0.39, 0.29) is 17.0 Å². The molecule has 0 radical (unpaired) electrons. The number of rotatable bonds is 6. The molecule has 0 heterocycles. The van der Waals surface area contributed by atoms with Gasteiger partial charge in [0.05, 0.1) is 11.5 Å². The van der Waals surface area contributed by atoms with Gasteiger partial charge in [0.15, 0.2) is 0 Å². The molecule has 0 aromatic heterocycles. The number of aliphatic hydroxyl groups is 1. The summed E-state index contributed by atoms with van der Waals surface area (Å²) in [6.45, 7) is 2.02. The van der Waals surface area contributed by atoms with E-state index in [9.17, 15) is 13.5 Å². The Balaban J connectivity index is 2.19. The highest BCUT2D eigenvalue weighted by atomic mass is 32.2. The third kappa shape index (κ3) is 3.29. The Hall–Kier alpha value is -0.950. The molecule has 0 amide bonds. The van der Waals surface area contributed by atoms with Crippen LogP contribution >= 0.6 is 0 Å². The molecule has 1 aliphatic rings. The zero-order valence-electron chi connectivity index (χ0n) is 12.9. The first-order valence-electron chi connectivity index (χ1n) is 7.18. The number of nitrogens with one attached hydrogen (secondary N) is 1. The normalized spacial score (nSPS) is 17.8. The number of sulfonamides is 1. The Bertz CT molecular complexity index is 607. The molecule has 0 aliphatic heterocycles. The smallest absolute Gasteiger partial charge is 0.240 e. The highest BCUT2D eigenvalue weighted by Gasteiger charge is 2.39. The van der Waals surface area contributed by atoms with Gasteiger partial charge in [-0.2, -0.15) is 0 Å². The minimum Gasteiger partial charge on any atom is -0.392 e. The van der Waals surface area contributed by atoms with E-state index in [1.54, 1.807) is 25.1 Å². The maximum atomic E-state index is 12.5. The second-order valence-corrected chi connectivity index (χ2v) is 7.79. The molecule has 0 saturated heterocycles. The molecule has 1 saturated carbocycles. The van der Waals surface area contributed by atoms with Gasteiger partial charge in [-0.3, -0.25) is 0 Å². The molecule has 2 N–H and O–H groups in total. The molecule has 2 rings (SSSR count). The topological polar surface area (TPSA) is 69.6 Å². The van der Waals surface area contributed by atoms with Gasteiger partial charge in [0, 0.05) is 12.1 Å². The summed E-state index contributed by atoms with van der Waals surface area (Å²) in [7, 11) is 0.428. The third-order valence-corrected chi connectivity index (χ3v) is 6.09. The molecule has 0 atom stereocenters. The van der Waals surface area contributed by atoms with Crippen LogP contribution in [0.3, 0.4) is 0 Å². The Kier molecular flexibility index (Phi) is 4.72. The minimum atomic E-state index is -3.55. The largest absolute Gasteiger partial charge is 0.392 e. The summed E-state index contributed by atoms with van der Waals surface area (Å²) in [5.41, 5.74) is 1.23. The van der Waals surface area contributed by atoms with Crippen LogP contribution < -0.4 is 4.72 Å². The van der Waals surface area contributed by atoms with Crippen molar-refractivity contribution in [1.29, 1.82) is 0 Å². The molecule has 21 heavy (non-hydrogen) atoms. The van der Waals surface area contributed by atoms with Crippen LogP contribution in [0.25, 0.3) is 0 Å². The Morgan fingerprint density at radius 3 is 2.48 bits per heavy atom. The van der Waals surface area contributed by atoms with Crippen LogP contribution in [-0.2, 0) is 16.6 Å². The zero-order valence-corrected chi connectivity index (χ0v) is 13.7. The predicted octanol–water partition coefficient (Wildman–Crippen LogP) is 1.25. The average Bonchev–Trinajstić information content (AvgIpc) is 2.37. The number of aryl methyl sites for hydroxylation is 1. The molecule has 1 aromatic carbocycles. The number of likely N-dealkylation sites (N-methyl/N-ethyl adjacent to an activating group) is 1. The van der Waals surface area contributed by atoms with Gasteiger partial charge < -0.3 is 10.0 Å². The van der Waals surface area contributed by atoms with Crippen LogP contribution in [0, 0.1) is 6.92 Å². The fourth-order valence-electron chi connectivity index (χ4n) is 2.71. The van der Waals surface area contributed by atoms with Crippen molar-refractivity contribution in [2.75, 3.05) is 20.6 Å². The quantitative estimate of drug-likeness (QED) is 0.829. The van der Waals surface area contributed by atoms with Crippen LogP contribution in [0.15, 0.2) is 23.1 Å². The lowest BCUT2D eigenvalue weighted by molar-refractivity contribution is 0.0657. The molecule has 0 spiro atoms. The Labute approximate surface area is 127 Å². The van der Waals surface area contributed by atoms with Gasteiger partial charge in [-0.05, 0) is 57.5 Å². The maximum Gasteiger partial charge on any atom is 0.240 e. The monoisotopic (exact) mass is 312 g/mol. The highest BCUT2D eigenvalue weighted by Crippen LogP contribution is 2.35. The van der Waals surface area contributed by atoms with E-state index in [2.05, 4.69) is 9.62 Å². The number of hydrogen-bond acceptors (Lipinski definition) is 4. The summed E-state index contributed by atoms with van der Waals surface area (Å²) in [6, 6.07) is 5.01. The van der Waals surface area contributed by atoms with Crippen molar-refractivity contribution < 1.29 is 13.5 Å².